The number of hydrogen-bond acceptors (Lipinski definition) is 8. The number of nitrogens with one attached hydrogen (secondary N) is 1. The van der Waals surface area contributed by atoms with Gasteiger partial charge in [0.25, 0.3) is 5.56 Å². The second kappa shape index (κ2) is 7.06. The zero-order chi connectivity index (χ0) is 18.9. The van der Waals surface area contributed by atoms with Crippen molar-refractivity contribution in [2.75, 3.05) is 0 Å². The molecule has 10 heteroatoms. The van der Waals surface area contributed by atoms with Crippen molar-refractivity contribution in [3.05, 3.63) is 70.3 Å². The van der Waals surface area contributed by atoms with Gasteiger partial charge in [0, 0.05) is 0 Å². The Bertz CT molecular complexity index is 1290. The van der Waals surface area contributed by atoms with E-state index in [0.717, 1.165) is 10.6 Å². The smallest absolute Gasteiger partial charge is 0.262 e. The molecule has 4 aromatic heterocycles. The minimum absolute atomic E-state index is 0.237. The fraction of sp³-hybridized carbons (Fsp3) is 0.0556. The lowest BCUT2D eigenvalue weighted by atomic mass is 10.3. The zero-order valence-corrected chi connectivity index (χ0v) is 15.9. The summed E-state index contributed by atoms with van der Waals surface area (Å²) in [4.78, 5) is 25.1. The third-order valence-corrected chi connectivity index (χ3v) is 5.68. The summed E-state index contributed by atoms with van der Waals surface area (Å²) in [5.41, 5.74) is 1.10. The van der Waals surface area contributed by atoms with E-state index in [4.69, 9.17) is 4.52 Å². The van der Waals surface area contributed by atoms with E-state index < -0.39 is 0 Å². The van der Waals surface area contributed by atoms with Gasteiger partial charge in [-0.05, 0) is 23.6 Å². The predicted molar refractivity (Wildman–Crippen MR) is 107 cm³/mol. The Balaban J connectivity index is 1.43. The van der Waals surface area contributed by atoms with Crippen molar-refractivity contribution in [3.8, 4) is 16.4 Å². The summed E-state index contributed by atoms with van der Waals surface area (Å²) in [6, 6.07) is 13.4. The fourth-order valence-electron chi connectivity index (χ4n) is 2.67. The molecule has 4 heterocycles. The average Bonchev–Trinajstić information content (AvgIpc) is 3.46. The minimum Gasteiger partial charge on any atom is -0.338 e. The van der Waals surface area contributed by atoms with Crippen LogP contribution in [0.1, 0.15) is 5.89 Å². The first-order valence-corrected chi connectivity index (χ1v) is 10.2. The number of aromatic nitrogens is 6. The highest BCUT2D eigenvalue weighted by Crippen LogP contribution is 2.24. The lowest BCUT2D eigenvalue weighted by molar-refractivity contribution is 0.391. The van der Waals surface area contributed by atoms with E-state index in [0.29, 0.717) is 33.7 Å². The topological polar surface area (TPSA) is 102 Å². The summed E-state index contributed by atoms with van der Waals surface area (Å²) in [6.07, 6.45) is 1.52. The number of thioether (sulfide) groups is 1. The van der Waals surface area contributed by atoms with Crippen LogP contribution in [0.5, 0.6) is 0 Å². The molecule has 0 aliphatic heterocycles. The minimum atomic E-state index is -0.237. The van der Waals surface area contributed by atoms with E-state index >= 15 is 0 Å². The largest absolute Gasteiger partial charge is 0.338 e. The van der Waals surface area contributed by atoms with Gasteiger partial charge in [0.15, 0.2) is 10.8 Å². The zero-order valence-electron chi connectivity index (χ0n) is 14.3. The van der Waals surface area contributed by atoms with Gasteiger partial charge in [-0.25, -0.2) is 9.67 Å². The lowest BCUT2D eigenvalue weighted by Crippen LogP contribution is -2.09. The summed E-state index contributed by atoms with van der Waals surface area (Å²) >= 11 is 2.87. The Morgan fingerprint density at radius 2 is 2.04 bits per heavy atom. The number of thiophene rings is 1. The molecule has 5 aromatic rings. The molecule has 28 heavy (non-hydrogen) atoms. The third kappa shape index (κ3) is 3.12. The van der Waals surface area contributed by atoms with Crippen molar-refractivity contribution in [2.24, 2.45) is 0 Å². The summed E-state index contributed by atoms with van der Waals surface area (Å²) in [5.74, 6) is 1.42. The van der Waals surface area contributed by atoms with Crippen LogP contribution in [-0.4, -0.2) is 29.9 Å². The van der Waals surface area contributed by atoms with Gasteiger partial charge in [0.05, 0.1) is 22.5 Å². The molecule has 1 aromatic carbocycles. The molecule has 0 fully saturated rings. The number of nitrogens with zero attached hydrogens (tertiary/aromatic N) is 5. The molecule has 5 rings (SSSR count). The van der Waals surface area contributed by atoms with Crippen LogP contribution in [0.4, 0.5) is 0 Å². The number of H-pyrrole nitrogens is 1. The second-order valence-corrected chi connectivity index (χ2v) is 7.69. The van der Waals surface area contributed by atoms with Crippen molar-refractivity contribution >= 4 is 34.1 Å². The molecule has 0 saturated carbocycles. The molecule has 0 radical (unpaired) electrons. The van der Waals surface area contributed by atoms with Crippen LogP contribution >= 0.6 is 23.1 Å². The van der Waals surface area contributed by atoms with Crippen molar-refractivity contribution in [2.45, 2.75) is 10.9 Å². The Kier molecular flexibility index (Phi) is 4.26. The summed E-state index contributed by atoms with van der Waals surface area (Å²) < 4.78 is 6.94. The van der Waals surface area contributed by atoms with Crippen molar-refractivity contribution in [1.29, 1.82) is 0 Å². The standard InChI is InChI=1S/C18H12N6O2S2/c25-17-12-9-19-24(11-5-2-1-3-6-11)16(12)21-18(22-17)28-10-14-20-15(23-26-14)13-7-4-8-27-13/h1-9H,10H2,(H,21,22,25). The maximum Gasteiger partial charge on any atom is 0.262 e. The van der Waals surface area contributed by atoms with Gasteiger partial charge in [0.2, 0.25) is 11.7 Å². The molecule has 8 nitrogen and oxygen atoms in total. The number of rotatable bonds is 5. The van der Waals surface area contributed by atoms with Crippen LogP contribution in [0.15, 0.2) is 68.5 Å². The van der Waals surface area contributed by atoms with Crippen LogP contribution < -0.4 is 5.56 Å². The number of para-hydroxylation sites is 1. The van der Waals surface area contributed by atoms with E-state index in [1.165, 1.54) is 18.0 Å². The first-order chi connectivity index (χ1) is 13.8. The molecule has 0 amide bonds. The Labute approximate surface area is 166 Å². The van der Waals surface area contributed by atoms with Gasteiger partial charge in [-0.3, -0.25) is 4.79 Å². The highest BCUT2D eigenvalue weighted by molar-refractivity contribution is 7.98. The van der Waals surface area contributed by atoms with Crippen molar-refractivity contribution in [1.82, 2.24) is 29.9 Å². The van der Waals surface area contributed by atoms with Crippen LogP contribution in [0.2, 0.25) is 0 Å². The Hall–Kier alpha value is -3.24. The summed E-state index contributed by atoms with van der Waals surface area (Å²) in [7, 11) is 0. The normalized spacial score (nSPS) is 11.3. The van der Waals surface area contributed by atoms with E-state index in [1.807, 2.05) is 47.8 Å². The lowest BCUT2D eigenvalue weighted by Gasteiger charge is -2.03. The number of benzene rings is 1. The third-order valence-electron chi connectivity index (χ3n) is 3.96. The van der Waals surface area contributed by atoms with Gasteiger partial charge < -0.3 is 9.51 Å². The second-order valence-electron chi connectivity index (χ2n) is 5.78. The van der Waals surface area contributed by atoms with Gasteiger partial charge in [-0.2, -0.15) is 10.1 Å². The molecule has 0 aliphatic rings. The molecule has 0 saturated heterocycles. The summed E-state index contributed by atoms with van der Waals surface area (Å²) in [5, 5.41) is 11.1. The Morgan fingerprint density at radius 3 is 2.86 bits per heavy atom. The van der Waals surface area contributed by atoms with E-state index in [2.05, 4.69) is 25.2 Å². The number of hydrogen-bond donors (Lipinski definition) is 1. The van der Waals surface area contributed by atoms with Gasteiger partial charge in [0.1, 0.15) is 5.39 Å². The van der Waals surface area contributed by atoms with E-state index in [-0.39, 0.29) is 5.56 Å². The molecule has 0 atom stereocenters. The van der Waals surface area contributed by atoms with Crippen LogP contribution in [0.3, 0.4) is 0 Å². The number of aromatic amines is 1. The predicted octanol–water partition coefficient (Wildman–Crippen LogP) is 3.51. The quantitative estimate of drug-likeness (QED) is 0.351. The molecule has 0 aliphatic carbocycles. The van der Waals surface area contributed by atoms with Crippen molar-refractivity contribution in [3.63, 3.8) is 0 Å². The van der Waals surface area contributed by atoms with Crippen molar-refractivity contribution < 1.29 is 4.52 Å². The molecule has 1 N–H and O–H groups in total. The molecule has 0 bridgehead atoms. The van der Waals surface area contributed by atoms with Crippen LogP contribution in [0, 0.1) is 0 Å². The van der Waals surface area contributed by atoms with Crippen LogP contribution in [-0.2, 0) is 5.75 Å². The fourth-order valence-corrected chi connectivity index (χ4v) is 4.02. The molecular weight excluding hydrogens is 396 g/mol. The first kappa shape index (κ1) is 16.9. The van der Waals surface area contributed by atoms with E-state index in [1.54, 1.807) is 16.0 Å². The summed E-state index contributed by atoms with van der Waals surface area (Å²) in [6.45, 7) is 0. The van der Waals surface area contributed by atoms with Gasteiger partial charge >= 0.3 is 0 Å². The highest BCUT2D eigenvalue weighted by Gasteiger charge is 2.14. The van der Waals surface area contributed by atoms with Gasteiger partial charge in [-0.15, -0.1) is 11.3 Å². The maximum absolute atomic E-state index is 12.4. The maximum atomic E-state index is 12.4. The molecule has 0 unspecified atom stereocenters. The molecule has 0 spiro atoms. The number of fused-ring (bicyclic) bond motifs is 1. The van der Waals surface area contributed by atoms with Crippen LogP contribution in [0.25, 0.3) is 27.4 Å². The monoisotopic (exact) mass is 408 g/mol. The molecular formula is C18H12N6O2S2. The average molecular weight is 408 g/mol. The SMILES string of the molecule is O=c1[nH]c(SCc2nc(-c3cccs3)no2)nc2c1cnn2-c1ccccc1. The Morgan fingerprint density at radius 1 is 1.14 bits per heavy atom. The van der Waals surface area contributed by atoms with E-state index in [9.17, 15) is 4.79 Å². The molecule has 138 valence electrons. The van der Waals surface area contributed by atoms with Gasteiger partial charge in [-0.1, -0.05) is 41.2 Å². The first-order valence-electron chi connectivity index (χ1n) is 8.31. The highest BCUT2D eigenvalue weighted by atomic mass is 32.2.